The predicted octanol–water partition coefficient (Wildman–Crippen LogP) is 0.548. The summed E-state index contributed by atoms with van der Waals surface area (Å²) in [4.78, 5) is 15.7. The van der Waals surface area contributed by atoms with Gasteiger partial charge in [-0.15, -0.1) is 0 Å². The molecule has 2 heterocycles. The number of primary amides is 1. The highest BCUT2D eigenvalue weighted by molar-refractivity contribution is 7.91. The molecule has 1 aromatic carbocycles. The third kappa shape index (κ3) is 3.18. The van der Waals surface area contributed by atoms with E-state index in [1.807, 2.05) is 16.8 Å². The van der Waals surface area contributed by atoms with Crippen LogP contribution in [0.2, 0.25) is 0 Å². The Kier molecular flexibility index (Phi) is 3.87. The van der Waals surface area contributed by atoms with Crippen molar-refractivity contribution in [2.45, 2.75) is 37.6 Å². The van der Waals surface area contributed by atoms with Crippen LogP contribution < -0.4 is 5.73 Å². The first-order chi connectivity index (χ1) is 11.9. The summed E-state index contributed by atoms with van der Waals surface area (Å²) in [6, 6.07) is 8.36. The molecule has 2 aliphatic rings. The van der Waals surface area contributed by atoms with Crippen LogP contribution in [0.4, 0.5) is 0 Å². The average Bonchev–Trinajstić information content (AvgIpc) is 3.22. The molecule has 0 radical (unpaired) electrons. The summed E-state index contributed by atoms with van der Waals surface area (Å²) >= 11 is 0. The van der Waals surface area contributed by atoms with Crippen molar-refractivity contribution in [2.75, 3.05) is 11.5 Å². The second kappa shape index (κ2) is 5.94. The minimum atomic E-state index is -3.02. The smallest absolute Gasteiger partial charge is 0.225 e. The quantitative estimate of drug-likeness (QED) is 0.856. The second-order valence-corrected chi connectivity index (χ2v) is 9.13. The van der Waals surface area contributed by atoms with E-state index in [0.717, 1.165) is 12.8 Å². The molecule has 132 valence electrons. The molecule has 1 unspecified atom stereocenters. The molecule has 2 N–H and O–H groups in total. The molecule has 1 aliphatic heterocycles. The summed E-state index contributed by atoms with van der Waals surface area (Å²) in [5.74, 6) is 0.681. The van der Waals surface area contributed by atoms with E-state index in [1.165, 1.54) is 11.1 Å². The van der Waals surface area contributed by atoms with Gasteiger partial charge in [0.25, 0.3) is 0 Å². The van der Waals surface area contributed by atoms with Crippen LogP contribution in [0, 0.1) is 0 Å². The molecule has 8 heteroatoms. The lowest BCUT2D eigenvalue weighted by Gasteiger charge is -2.15. The zero-order valence-electron chi connectivity index (χ0n) is 13.8. The van der Waals surface area contributed by atoms with Crippen molar-refractivity contribution in [3.05, 3.63) is 47.0 Å². The molecule has 1 aromatic heterocycles. The van der Waals surface area contributed by atoms with Gasteiger partial charge in [0, 0.05) is 5.92 Å². The maximum absolute atomic E-state index is 11.9. The molecule has 4 rings (SSSR count). The first kappa shape index (κ1) is 16.3. The summed E-state index contributed by atoms with van der Waals surface area (Å²) < 4.78 is 25.6. The van der Waals surface area contributed by atoms with Crippen LogP contribution in [0.15, 0.2) is 24.3 Å². The van der Waals surface area contributed by atoms with Gasteiger partial charge in [0.2, 0.25) is 5.91 Å². The van der Waals surface area contributed by atoms with Crippen molar-refractivity contribution in [1.82, 2.24) is 14.8 Å². The third-order valence-corrected chi connectivity index (χ3v) is 6.77. The molecule has 0 bridgehead atoms. The van der Waals surface area contributed by atoms with Crippen molar-refractivity contribution in [3.63, 3.8) is 0 Å². The number of sulfone groups is 1. The first-order valence-electron chi connectivity index (χ1n) is 8.42. The van der Waals surface area contributed by atoms with E-state index in [2.05, 4.69) is 22.2 Å². The van der Waals surface area contributed by atoms with Crippen LogP contribution in [0.1, 0.15) is 41.2 Å². The van der Waals surface area contributed by atoms with Crippen molar-refractivity contribution >= 4 is 15.7 Å². The van der Waals surface area contributed by atoms with Gasteiger partial charge in [-0.2, -0.15) is 5.10 Å². The van der Waals surface area contributed by atoms with E-state index in [9.17, 15) is 13.2 Å². The molecule has 25 heavy (non-hydrogen) atoms. The second-order valence-electron chi connectivity index (χ2n) is 6.90. The average molecular weight is 360 g/mol. The Labute approximate surface area is 146 Å². The molecular formula is C17H20N4O3S. The lowest BCUT2D eigenvalue weighted by atomic mass is 10.1. The minimum absolute atomic E-state index is 0.0286. The van der Waals surface area contributed by atoms with Gasteiger partial charge in [-0.3, -0.25) is 4.79 Å². The number of nitrogens with zero attached hydrogens (tertiary/aromatic N) is 3. The molecule has 0 spiro atoms. The van der Waals surface area contributed by atoms with Crippen LogP contribution in [-0.2, 0) is 33.9 Å². The van der Waals surface area contributed by atoms with Crippen molar-refractivity contribution < 1.29 is 13.2 Å². The molecule has 7 nitrogen and oxygen atoms in total. The van der Waals surface area contributed by atoms with Crippen LogP contribution in [-0.4, -0.2) is 40.6 Å². The van der Waals surface area contributed by atoms with Crippen LogP contribution in [0.25, 0.3) is 0 Å². The SMILES string of the molecule is NC(=O)Cc1nc(C2CCS(=O)(=O)C2)n(C2Cc3ccccc3C2)n1. The maximum Gasteiger partial charge on any atom is 0.225 e. The molecule has 2 aromatic rings. The Hall–Kier alpha value is -2.22. The summed E-state index contributed by atoms with van der Waals surface area (Å²) in [5, 5.41) is 4.52. The Bertz CT molecular complexity index is 910. The molecule has 1 fully saturated rings. The highest BCUT2D eigenvalue weighted by atomic mass is 32.2. The van der Waals surface area contributed by atoms with Crippen LogP contribution in [0.3, 0.4) is 0 Å². The summed E-state index contributed by atoms with van der Waals surface area (Å²) in [7, 11) is -3.02. The van der Waals surface area contributed by atoms with Gasteiger partial charge in [-0.1, -0.05) is 24.3 Å². The number of rotatable bonds is 4. The van der Waals surface area contributed by atoms with Crippen molar-refractivity contribution in [3.8, 4) is 0 Å². The number of carbonyl (C=O) groups is 1. The highest BCUT2D eigenvalue weighted by Crippen LogP contribution is 2.34. The normalized spacial score (nSPS) is 22.2. The van der Waals surface area contributed by atoms with E-state index in [1.54, 1.807) is 0 Å². The number of amides is 1. The van der Waals surface area contributed by atoms with Gasteiger partial charge in [0.05, 0.1) is 24.0 Å². The molecular weight excluding hydrogens is 340 g/mol. The Balaban J connectivity index is 1.69. The summed E-state index contributed by atoms with van der Waals surface area (Å²) in [5.41, 5.74) is 7.84. The van der Waals surface area contributed by atoms with Crippen molar-refractivity contribution in [2.24, 2.45) is 5.73 Å². The predicted molar refractivity (Wildman–Crippen MR) is 91.8 cm³/mol. The van der Waals surface area contributed by atoms with E-state index in [4.69, 9.17) is 5.73 Å². The largest absolute Gasteiger partial charge is 0.369 e. The summed E-state index contributed by atoms with van der Waals surface area (Å²) in [6.45, 7) is 0. The number of hydrogen-bond donors (Lipinski definition) is 1. The van der Waals surface area contributed by atoms with Gasteiger partial charge in [-0.25, -0.2) is 18.1 Å². The van der Waals surface area contributed by atoms with Crippen LogP contribution in [0.5, 0.6) is 0 Å². The third-order valence-electron chi connectivity index (χ3n) is 5.01. The number of fused-ring (bicyclic) bond motifs is 1. The Morgan fingerprint density at radius 3 is 2.48 bits per heavy atom. The van der Waals surface area contributed by atoms with E-state index in [0.29, 0.717) is 18.1 Å². The lowest BCUT2D eigenvalue weighted by Crippen LogP contribution is -2.18. The fourth-order valence-corrected chi connectivity index (χ4v) is 5.61. The standard InChI is InChI=1S/C17H20N4O3S/c18-15(22)9-16-19-17(13-5-6-25(23,24)10-13)21(20-16)14-7-11-3-1-2-4-12(11)8-14/h1-4,13-14H,5-10H2,(H2,18,22). The lowest BCUT2D eigenvalue weighted by molar-refractivity contribution is -0.117. The maximum atomic E-state index is 11.9. The number of aromatic nitrogens is 3. The number of carbonyl (C=O) groups excluding carboxylic acids is 1. The Morgan fingerprint density at radius 2 is 1.92 bits per heavy atom. The van der Waals surface area contributed by atoms with Gasteiger partial charge in [0.1, 0.15) is 5.82 Å². The highest BCUT2D eigenvalue weighted by Gasteiger charge is 2.35. The van der Waals surface area contributed by atoms with Gasteiger partial charge < -0.3 is 5.73 Å². The Morgan fingerprint density at radius 1 is 1.24 bits per heavy atom. The van der Waals surface area contributed by atoms with E-state index < -0.39 is 15.7 Å². The fraction of sp³-hybridized carbons (Fsp3) is 0.471. The van der Waals surface area contributed by atoms with Crippen molar-refractivity contribution in [1.29, 1.82) is 0 Å². The number of benzene rings is 1. The molecule has 1 saturated heterocycles. The van der Waals surface area contributed by atoms with Gasteiger partial charge in [0.15, 0.2) is 15.7 Å². The molecule has 0 saturated carbocycles. The fourth-order valence-electron chi connectivity index (χ4n) is 3.87. The van der Waals surface area contributed by atoms with Gasteiger partial charge in [-0.05, 0) is 30.4 Å². The molecule has 1 amide bonds. The zero-order valence-corrected chi connectivity index (χ0v) is 14.6. The first-order valence-corrected chi connectivity index (χ1v) is 10.2. The monoisotopic (exact) mass is 360 g/mol. The van der Waals surface area contributed by atoms with E-state index >= 15 is 0 Å². The zero-order chi connectivity index (χ0) is 17.6. The molecule has 1 aliphatic carbocycles. The number of nitrogens with two attached hydrogens (primary N) is 1. The minimum Gasteiger partial charge on any atom is -0.369 e. The van der Waals surface area contributed by atoms with Crippen LogP contribution >= 0.6 is 0 Å². The summed E-state index contributed by atoms with van der Waals surface area (Å²) in [6.07, 6.45) is 2.19. The molecule has 1 atom stereocenters. The topological polar surface area (TPSA) is 108 Å². The van der Waals surface area contributed by atoms with Gasteiger partial charge >= 0.3 is 0 Å². The number of hydrogen-bond acceptors (Lipinski definition) is 5. The van der Waals surface area contributed by atoms with E-state index in [-0.39, 0.29) is 29.9 Å².